The summed E-state index contributed by atoms with van der Waals surface area (Å²) < 4.78 is 15.9. The molecular weight excluding hydrogens is 439 g/mol. The summed E-state index contributed by atoms with van der Waals surface area (Å²) in [7, 11) is 1.62. The van der Waals surface area contributed by atoms with Crippen molar-refractivity contribution in [3.8, 4) is 0 Å². The summed E-state index contributed by atoms with van der Waals surface area (Å²) in [5, 5.41) is 22.7. The second-order valence-electron chi connectivity index (χ2n) is 7.28. The standard InChI is InChI=1S/C19H19FN8O3S/c1-27-19(24-25-26-27)32-16-7-6-13(28(30)31)9-14(16)18(29)23-22-17-15(20)8-12(10-21-17)11-4-2-3-5-11/h6-11H,2-5H2,1H3,(H,21,22)(H,23,29). The summed E-state index contributed by atoms with van der Waals surface area (Å²) in [5.41, 5.74) is 5.40. The quantitative estimate of drug-likeness (QED) is 0.403. The van der Waals surface area contributed by atoms with Gasteiger partial charge >= 0.3 is 0 Å². The van der Waals surface area contributed by atoms with Gasteiger partial charge in [0.25, 0.3) is 11.6 Å². The van der Waals surface area contributed by atoms with Crippen LogP contribution in [0.5, 0.6) is 0 Å². The van der Waals surface area contributed by atoms with Crippen molar-refractivity contribution in [3.63, 3.8) is 0 Å². The van der Waals surface area contributed by atoms with E-state index in [2.05, 4.69) is 31.4 Å². The highest BCUT2D eigenvalue weighted by molar-refractivity contribution is 7.99. The molecule has 0 atom stereocenters. The van der Waals surface area contributed by atoms with Gasteiger partial charge in [-0.05, 0) is 58.6 Å². The second-order valence-corrected chi connectivity index (χ2v) is 8.29. The number of carbonyl (C=O) groups is 1. The van der Waals surface area contributed by atoms with Crippen LogP contribution in [0.25, 0.3) is 0 Å². The average Bonchev–Trinajstić information content (AvgIpc) is 3.45. The molecule has 0 radical (unpaired) electrons. The maximum Gasteiger partial charge on any atom is 0.271 e. The lowest BCUT2D eigenvalue weighted by Gasteiger charge is -2.13. The van der Waals surface area contributed by atoms with E-state index in [-0.39, 0.29) is 17.1 Å². The fourth-order valence-corrected chi connectivity index (χ4v) is 4.35. The van der Waals surface area contributed by atoms with Gasteiger partial charge in [0.1, 0.15) is 0 Å². The van der Waals surface area contributed by atoms with E-state index in [9.17, 15) is 19.3 Å². The summed E-state index contributed by atoms with van der Waals surface area (Å²) in [6, 6.07) is 5.27. The molecule has 1 fully saturated rings. The maximum absolute atomic E-state index is 14.5. The number of hydrazine groups is 1. The number of amides is 1. The summed E-state index contributed by atoms with van der Waals surface area (Å²) in [5.74, 6) is -1.13. The molecule has 0 bridgehead atoms. The van der Waals surface area contributed by atoms with E-state index in [0.717, 1.165) is 49.1 Å². The number of nitro groups is 1. The largest absolute Gasteiger partial charge is 0.279 e. The first kappa shape index (κ1) is 21.6. The minimum atomic E-state index is -0.701. The van der Waals surface area contributed by atoms with Crippen molar-refractivity contribution in [1.29, 1.82) is 0 Å². The zero-order valence-corrected chi connectivity index (χ0v) is 17.8. The molecular formula is C19H19FN8O3S. The molecule has 3 aromatic rings. The van der Waals surface area contributed by atoms with Crippen LogP contribution in [0.2, 0.25) is 0 Å². The van der Waals surface area contributed by atoms with Crippen molar-refractivity contribution < 1.29 is 14.1 Å². The number of pyridine rings is 1. The number of benzene rings is 1. The Labute approximate surface area is 185 Å². The third-order valence-corrected chi connectivity index (χ3v) is 6.29. The molecule has 2 heterocycles. The van der Waals surface area contributed by atoms with E-state index in [0.29, 0.717) is 16.0 Å². The van der Waals surface area contributed by atoms with Crippen LogP contribution in [0.4, 0.5) is 15.9 Å². The molecule has 0 saturated heterocycles. The van der Waals surface area contributed by atoms with Crippen LogP contribution in [0.1, 0.15) is 47.5 Å². The zero-order valence-electron chi connectivity index (χ0n) is 17.0. The van der Waals surface area contributed by atoms with Crippen LogP contribution in [0, 0.1) is 15.9 Å². The van der Waals surface area contributed by atoms with E-state index >= 15 is 0 Å². The van der Waals surface area contributed by atoms with Gasteiger partial charge in [-0.15, -0.1) is 5.10 Å². The first-order valence-corrected chi connectivity index (χ1v) is 10.6. The Bertz CT molecular complexity index is 1170. The van der Waals surface area contributed by atoms with Gasteiger partial charge in [0.05, 0.1) is 10.5 Å². The van der Waals surface area contributed by atoms with Gasteiger partial charge in [-0.3, -0.25) is 25.8 Å². The number of nitrogens with one attached hydrogen (secondary N) is 2. The Morgan fingerprint density at radius 3 is 2.75 bits per heavy atom. The Morgan fingerprint density at radius 1 is 1.31 bits per heavy atom. The van der Waals surface area contributed by atoms with Crippen LogP contribution in [-0.4, -0.2) is 36.0 Å². The number of halogens is 1. The highest BCUT2D eigenvalue weighted by Gasteiger charge is 2.21. The number of anilines is 1. The van der Waals surface area contributed by atoms with Gasteiger partial charge < -0.3 is 0 Å². The molecule has 0 aliphatic heterocycles. The van der Waals surface area contributed by atoms with Crippen molar-refractivity contribution in [2.45, 2.75) is 41.7 Å². The molecule has 1 amide bonds. The summed E-state index contributed by atoms with van der Waals surface area (Å²) in [6.45, 7) is 0. The fourth-order valence-electron chi connectivity index (χ4n) is 3.51. The summed E-state index contributed by atoms with van der Waals surface area (Å²) in [4.78, 5) is 27.8. The summed E-state index contributed by atoms with van der Waals surface area (Å²) in [6.07, 6.45) is 5.87. The van der Waals surface area contributed by atoms with Crippen LogP contribution in [0.3, 0.4) is 0 Å². The molecule has 1 aliphatic rings. The molecule has 0 spiro atoms. The number of aryl methyl sites for hydroxylation is 1. The Morgan fingerprint density at radius 2 is 2.09 bits per heavy atom. The van der Waals surface area contributed by atoms with Gasteiger partial charge in [-0.1, -0.05) is 12.8 Å². The van der Waals surface area contributed by atoms with Crippen molar-refractivity contribution in [3.05, 3.63) is 57.5 Å². The van der Waals surface area contributed by atoms with Gasteiger partial charge in [-0.2, -0.15) is 0 Å². The van der Waals surface area contributed by atoms with Crippen molar-refractivity contribution in [2.75, 3.05) is 5.43 Å². The molecule has 1 aromatic carbocycles. The lowest BCUT2D eigenvalue weighted by Crippen LogP contribution is -2.30. The first-order chi connectivity index (χ1) is 15.4. The summed E-state index contributed by atoms with van der Waals surface area (Å²) >= 11 is 1.06. The minimum absolute atomic E-state index is 0.00249. The SMILES string of the molecule is Cn1nnnc1Sc1ccc([N+](=O)[O-])cc1C(=O)NNc1ncc(C2CCCC2)cc1F. The lowest BCUT2D eigenvalue weighted by molar-refractivity contribution is -0.384. The highest BCUT2D eigenvalue weighted by atomic mass is 32.2. The van der Waals surface area contributed by atoms with Crippen LogP contribution in [-0.2, 0) is 7.05 Å². The van der Waals surface area contributed by atoms with Crippen LogP contribution in [0.15, 0.2) is 40.5 Å². The smallest absolute Gasteiger partial charge is 0.271 e. The number of nitrogens with zero attached hydrogens (tertiary/aromatic N) is 6. The van der Waals surface area contributed by atoms with E-state index in [4.69, 9.17) is 0 Å². The van der Waals surface area contributed by atoms with Gasteiger partial charge in [0.15, 0.2) is 11.6 Å². The van der Waals surface area contributed by atoms with Crippen molar-refractivity contribution in [1.82, 2.24) is 30.6 Å². The molecule has 32 heavy (non-hydrogen) atoms. The lowest BCUT2D eigenvalue weighted by atomic mass is 10.00. The predicted molar refractivity (Wildman–Crippen MR) is 113 cm³/mol. The number of hydrogen-bond acceptors (Lipinski definition) is 9. The highest BCUT2D eigenvalue weighted by Crippen LogP contribution is 2.34. The van der Waals surface area contributed by atoms with Crippen LogP contribution >= 0.6 is 11.8 Å². The van der Waals surface area contributed by atoms with E-state index in [1.54, 1.807) is 13.2 Å². The number of carbonyl (C=O) groups excluding carboxylic acids is 1. The van der Waals surface area contributed by atoms with Crippen LogP contribution < -0.4 is 10.9 Å². The van der Waals surface area contributed by atoms with E-state index in [1.807, 2.05) is 0 Å². The molecule has 0 unspecified atom stereocenters. The number of non-ortho nitro benzene ring substituents is 1. The first-order valence-electron chi connectivity index (χ1n) is 9.83. The Hall–Kier alpha value is -3.61. The maximum atomic E-state index is 14.5. The van der Waals surface area contributed by atoms with Crippen molar-refractivity contribution in [2.24, 2.45) is 7.05 Å². The van der Waals surface area contributed by atoms with E-state index in [1.165, 1.54) is 22.9 Å². The number of nitro benzene ring substituents is 1. The molecule has 2 N–H and O–H groups in total. The fraction of sp³-hybridized carbons (Fsp3) is 0.316. The predicted octanol–water partition coefficient (Wildman–Crippen LogP) is 3.22. The minimum Gasteiger partial charge on any atom is -0.279 e. The molecule has 13 heteroatoms. The molecule has 2 aromatic heterocycles. The molecule has 1 aliphatic carbocycles. The Kier molecular flexibility index (Phi) is 6.25. The molecule has 11 nitrogen and oxygen atoms in total. The zero-order chi connectivity index (χ0) is 22.7. The topological polar surface area (TPSA) is 141 Å². The third kappa shape index (κ3) is 4.66. The third-order valence-electron chi connectivity index (χ3n) is 5.18. The number of tetrazole rings is 1. The monoisotopic (exact) mass is 458 g/mol. The van der Waals surface area contributed by atoms with Gasteiger partial charge in [0.2, 0.25) is 5.16 Å². The molecule has 166 valence electrons. The van der Waals surface area contributed by atoms with Gasteiger partial charge in [0, 0.05) is 30.3 Å². The normalized spacial score (nSPS) is 13.8. The number of rotatable bonds is 7. The number of hydrogen-bond donors (Lipinski definition) is 2. The average molecular weight is 458 g/mol. The van der Waals surface area contributed by atoms with Crippen molar-refractivity contribution >= 4 is 29.2 Å². The molecule has 4 rings (SSSR count). The Balaban J connectivity index is 1.52. The van der Waals surface area contributed by atoms with E-state index < -0.39 is 16.6 Å². The molecule has 1 saturated carbocycles. The number of aromatic nitrogens is 5. The van der Waals surface area contributed by atoms with Gasteiger partial charge in [-0.25, -0.2) is 14.1 Å². The second kappa shape index (κ2) is 9.26.